The van der Waals surface area contributed by atoms with Crippen molar-refractivity contribution in [3.05, 3.63) is 0 Å². The molecule has 8 N–H and O–H groups in total. The Bertz CT molecular complexity index is 7.51. The van der Waals surface area contributed by atoms with E-state index >= 15 is 0 Å². The summed E-state index contributed by atoms with van der Waals surface area (Å²) in [4.78, 5) is 0. The Kier molecular flexibility index (Phi) is 574000. The van der Waals surface area contributed by atoms with E-state index in [4.69, 9.17) is 0 Å². The molecule has 6 heteroatoms. The van der Waals surface area contributed by atoms with Crippen molar-refractivity contribution in [2.75, 3.05) is 0 Å². The molecule has 0 aromatic rings. The molecule has 0 heterocycles. The van der Waals surface area contributed by atoms with Crippen LogP contribution in [0.1, 0.15) is 0 Å². The van der Waals surface area contributed by atoms with Gasteiger partial charge in [-0.2, -0.15) is 0 Å². The molecule has 0 aromatic heterocycles. The minimum Gasteiger partial charge on any atom is -0.412 e. The van der Waals surface area contributed by atoms with Gasteiger partial charge >= 0.3 is 0 Å². The summed E-state index contributed by atoms with van der Waals surface area (Å²) in [6.07, 6.45) is 0. The molecule has 0 amide bonds. The first kappa shape index (κ1) is 2500. The molecule has 0 saturated heterocycles. The average Bonchev–Trinajstić information content (AvgIpc) is 0. The fourth-order valence-electron chi connectivity index (χ4n) is 0. The molecule has 0 saturated carbocycles. The molecule has 0 aliphatic heterocycles. The van der Waals surface area contributed by atoms with Crippen molar-refractivity contribution in [3.8, 4) is 0 Å². The summed E-state index contributed by atoms with van der Waals surface area (Å²) in [5.74, 6) is 0. The first-order chi connectivity index (χ1) is 0. The first-order valence-electron chi connectivity index (χ1n) is 0. The minimum absolute atomic E-state index is 0. The number of halogens is 1. The van der Waals surface area contributed by atoms with Crippen LogP contribution in [0.2, 0.25) is 0 Å². The van der Waals surface area contributed by atoms with E-state index in [0.29, 0.717) is 0 Å². The van der Waals surface area contributed by atoms with Crippen molar-refractivity contribution in [2.45, 2.75) is 0 Å². The molecule has 0 aromatic carbocycles. The van der Waals surface area contributed by atoms with Gasteiger partial charge < -0.3 is 21.9 Å². The Morgan fingerprint density at radius 3 is 0.500 bits per heavy atom. The van der Waals surface area contributed by atoms with Crippen LogP contribution in [0.4, 0.5) is 4.70 Å². The smallest absolute Gasteiger partial charge is 0 e. The van der Waals surface area contributed by atoms with E-state index in [1.165, 1.54) is 0 Å². The summed E-state index contributed by atoms with van der Waals surface area (Å²) in [5, 5.41) is 0. The molecule has 0 unspecified atom stereocenters. The molecule has 4 nitrogen and oxygen atoms in total. The van der Waals surface area contributed by atoms with Gasteiger partial charge in [0.2, 0.25) is 0 Å². The zero-order valence-electron chi connectivity index (χ0n) is 2.72. The van der Waals surface area contributed by atoms with Gasteiger partial charge in [-0.25, -0.2) is 0 Å². The fourth-order valence-corrected chi connectivity index (χ4v) is 0. The first-order valence-corrected chi connectivity index (χ1v) is 0. The van der Waals surface area contributed by atoms with Crippen LogP contribution in [-0.4, -0.2) is 21.9 Å². The Morgan fingerprint density at radius 1 is 0.500 bits per heavy atom. The summed E-state index contributed by atoms with van der Waals surface area (Å²) in [7, 11) is 0. The summed E-state index contributed by atoms with van der Waals surface area (Å²) >= 11 is 0. The Morgan fingerprint density at radius 2 is 0.500 bits per heavy atom. The number of hydrogen-bond donors (Lipinski definition) is 0. The average molecular weight is 151 g/mol. The summed E-state index contributed by atoms with van der Waals surface area (Å²) < 4.78 is 0. The summed E-state index contributed by atoms with van der Waals surface area (Å²) in [6.45, 7) is 0. The fraction of sp³-hybridized carbons (Fsp3) is 0. The normalized spacial score (nSPS) is 0. The van der Waals surface area contributed by atoms with Crippen LogP contribution in [0.25, 0.3) is 0 Å². The predicted octanol–water partition coefficient (Wildman–Crippen LogP) is -3.15. The second-order valence-electron chi connectivity index (χ2n) is 0. The van der Waals surface area contributed by atoms with E-state index in [1.54, 1.807) is 0 Å². The molecule has 0 rings (SSSR count). The predicted molar refractivity (Wildman–Crippen MR) is 17.0 cm³/mol. The molecule has 0 radical (unpaired) electrons. The van der Waals surface area contributed by atoms with E-state index in [1.807, 2.05) is 0 Å². The van der Waals surface area contributed by atoms with Crippen LogP contribution >= 0.6 is 0 Å². The van der Waals surface area contributed by atoms with Crippen molar-refractivity contribution in [1.82, 2.24) is 0 Å². The third kappa shape index (κ3) is 654. The maximum atomic E-state index is 0. The zero-order valence-corrected chi connectivity index (χ0v) is 3.71. The van der Waals surface area contributed by atoms with E-state index < -0.39 is 0 Å². The summed E-state index contributed by atoms with van der Waals surface area (Å²) in [6, 6.07) is 0. The molecular formula is H9FNiO4. The molecule has 0 spiro atoms. The van der Waals surface area contributed by atoms with Gasteiger partial charge in [-0.05, 0) is 0 Å². The van der Waals surface area contributed by atoms with Crippen LogP contribution in [0.15, 0.2) is 0 Å². The maximum absolute atomic E-state index is 0. The van der Waals surface area contributed by atoms with Crippen LogP contribution in [0, 0.1) is 0 Å². The van der Waals surface area contributed by atoms with E-state index in [2.05, 4.69) is 0 Å². The molecule has 0 fully saturated rings. The van der Waals surface area contributed by atoms with Crippen molar-refractivity contribution < 1.29 is 43.1 Å². The molecule has 0 atom stereocenters. The van der Waals surface area contributed by atoms with Crippen LogP contribution in [-0.2, 0) is 16.5 Å². The SMILES string of the molecule is F.O.O.O.O.[Ni]. The molecule has 0 bridgehead atoms. The largest absolute Gasteiger partial charge is 0.412 e. The quantitative estimate of drug-likeness (QED) is 0.324. The minimum atomic E-state index is 0. The van der Waals surface area contributed by atoms with Crippen LogP contribution < -0.4 is 0 Å². The molecule has 50 valence electrons. The molecule has 0 aliphatic carbocycles. The zero-order chi connectivity index (χ0) is 0. The van der Waals surface area contributed by atoms with Gasteiger partial charge in [0.05, 0.1) is 0 Å². The third-order valence-corrected chi connectivity index (χ3v) is 0. The van der Waals surface area contributed by atoms with Gasteiger partial charge in [-0.15, -0.1) is 0 Å². The van der Waals surface area contributed by atoms with Crippen molar-refractivity contribution >= 4 is 0 Å². The van der Waals surface area contributed by atoms with Crippen molar-refractivity contribution in [3.63, 3.8) is 0 Å². The standard InChI is InChI=1S/FH.Ni.4H2O/h1H;;4*1H2. The van der Waals surface area contributed by atoms with Crippen molar-refractivity contribution in [1.29, 1.82) is 0 Å². The van der Waals surface area contributed by atoms with Crippen LogP contribution in [0.3, 0.4) is 0 Å². The van der Waals surface area contributed by atoms with Crippen LogP contribution in [0.5, 0.6) is 0 Å². The second kappa shape index (κ2) is 1380. The monoisotopic (exact) mass is 150 g/mol. The molecule has 0 aliphatic rings. The number of hydrogen-bond acceptors (Lipinski definition) is 0. The molecular weight excluding hydrogens is 142 g/mol. The third-order valence-electron chi connectivity index (χ3n) is 0. The Labute approximate surface area is 44.1 Å². The van der Waals surface area contributed by atoms with Gasteiger partial charge in [-0.3, -0.25) is 4.70 Å². The Balaban J connectivity index is 0. The summed E-state index contributed by atoms with van der Waals surface area (Å²) in [5.41, 5.74) is 0. The molecule has 6 heavy (non-hydrogen) atoms. The van der Waals surface area contributed by atoms with Gasteiger partial charge in [0.15, 0.2) is 0 Å². The van der Waals surface area contributed by atoms with Gasteiger partial charge in [-0.1, -0.05) is 0 Å². The van der Waals surface area contributed by atoms with E-state index in [-0.39, 0.29) is 43.1 Å². The van der Waals surface area contributed by atoms with Gasteiger partial charge in [0.25, 0.3) is 0 Å². The van der Waals surface area contributed by atoms with E-state index in [0.717, 1.165) is 0 Å². The van der Waals surface area contributed by atoms with Crippen molar-refractivity contribution in [2.24, 2.45) is 0 Å². The maximum Gasteiger partial charge on any atom is 0 e. The topological polar surface area (TPSA) is 126 Å². The number of rotatable bonds is 0. The Hall–Kier alpha value is 0.264. The second-order valence-corrected chi connectivity index (χ2v) is 0. The van der Waals surface area contributed by atoms with E-state index in [9.17, 15) is 0 Å². The van der Waals surface area contributed by atoms with Gasteiger partial charge in [0.1, 0.15) is 0 Å². The van der Waals surface area contributed by atoms with Gasteiger partial charge in [0, 0.05) is 16.5 Å².